The van der Waals surface area contributed by atoms with E-state index in [0.29, 0.717) is 24.4 Å². The van der Waals surface area contributed by atoms with Crippen LogP contribution in [0.2, 0.25) is 0 Å². The summed E-state index contributed by atoms with van der Waals surface area (Å²) in [6.07, 6.45) is 0.364. The molecule has 0 saturated heterocycles. The summed E-state index contributed by atoms with van der Waals surface area (Å²) in [5.74, 6) is -0.0472. The Hall–Kier alpha value is -2.08. The minimum atomic E-state index is -0.550. The molecule has 1 aromatic rings. The van der Waals surface area contributed by atoms with Crippen LogP contribution in [-0.2, 0) is 9.59 Å². The van der Waals surface area contributed by atoms with Crippen LogP contribution in [0.5, 0.6) is 5.75 Å². The average molecular weight is 265 g/mol. The van der Waals surface area contributed by atoms with Crippen LogP contribution < -0.4 is 21.5 Å². The first-order valence-electron chi connectivity index (χ1n) is 6.02. The first-order chi connectivity index (χ1) is 9.01. The number of hydrogen-bond donors (Lipinski definition) is 3. The third-order valence-corrected chi connectivity index (χ3v) is 2.44. The van der Waals surface area contributed by atoms with Crippen molar-refractivity contribution < 1.29 is 14.3 Å². The van der Waals surface area contributed by atoms with E-state index >= 15 is 0 Å². The van der Waals surface area contributed by atoms with E-state index in [1.165, 1.54) is 0 Å². The predicted molar refractivity (Wildman–Crippen MR) is 72.6 cm³/mol. The average Bonchev–Trinajstić information content (AvgIpc) is 2.36. The smallest absolute Gasteiger partial charge is 0.255 e. The molecule has 0 aliphatic carbocycles. The maximum Gasteiger partial charge on any atom is 0.255 e. The quantitative estimate of drug-likeness (QED) is 0.666. The van der Waals surface area contributed by atoms with Gasteiger partial charge in [0.15, 0.2) is 6.61 Å². The molecule has 0 heterocycles. The highest BCUT2D eigenvalue weighted by Gasteiger charge is 2.08. The number of hydrogen-bond acceptors (Lipinski definition) is 4. The van der Waals surface area contributed by atoms with Crippen LogP contribution in [0, 0.1) is 5.92 Å². The second-order valence-corrected chi connectivity index (χ2v) is 4.38. The molecule has 5 N–H and O–H groups in total. The molecule has 2 amide bonds. The molecule has 0 saturated carbocycles. The topological polar surface area (TPSA) is 107 Å². The number of carbonyl (C=O) groups excluding carboxylic acids is 2. The zero-order valence-corrected chi connectivity index (χ0v) is 10.9. The van der Waals surface area contributed by atoms with Crippen LogP contribution in [0.4, 0.5) is 5.69 Å². The third kappa shape index (κ3) is 5.87. The summed E-state index contributed by atoms with van der Waals surface area (Å²) in [5.41, 5.74) is 11.1. The minimum Gasteiger partial charge on any atom is -0.484 e. The van der Waals surface area contributed by atoms with Gasteiger partial charge in [-0.05, 0) is 24.6 Å². The van der Waals surface area contributed by atoms with Crippen LogP contribution in [0.3, 0.4) is 0 Å². The Kier molecular flexibility index (Phi) is 5.81. The van der Waals surface area contributed by atoms with E-state index in [-0.39, 0.29) is 18.4 Å². The predicted octanol–water partition coefficient (Wildman–Crippen LogP) is 0.474. The van der Waals surface area contributed by atoms with Gasteiger partial charge in [-0.15, -0.1) is 0 Å². The van der Waals surface area contributed by atoms with E-state index in [0.717, 1.165) is 0 Å². The van der Waals surface area contributed by atoms with E-state index in [2.05, 4.69) is 5.32 Å². The number of primary amides is 1. The molecule has 0 aromatic heterocycles. The van der Waals surface area contributed by atoms with Crippen LogP contribution in [-0.4, -0.2) is 25.0 Å². The van der Waals surface area contributed by atoms with Gasteiger partial charge in [0.25, 0.3) is 5.91 Å². The molecule has 0 radical (unpaired) electrons. The van der Waals surface area contributed by atoms with Gasteiger partial charge in [0, 0.05) is 18.2 Å². The van der Waals surface area contributed by atoms with Crippen molar-refractivity contribution in [2.45, 2.75) is 13.3 Å². The van der Waals surface area contributed by atoms with E-state index in [9.17, 15) is 9.59 Å². The van der Waals surface area contributed by atoms with Crippen molar-refractivity contribution in [2.75, 3.05) is 18.5 Å². The summed E-state index contributed by atoms with van der Waals surface area (Å²) < 4.78 is 5.15. The molecule has 0 spiro atoms. The number of nitrogens with one attached hydrogen (secondary N) is 1. The summed E-state index contributed by atoms with van der Waals surface area (Å²) in [5, 5.41) is 2.74. The van der Waals surface area contributed by atoms with Crippen LogP contribution >= 0.6 is 0 Å². The van der Waals surface area contributed by atoms with Gasteiger partial charge in [0.1, 0.15) is 5.75 Å². The molecule has 0 bridgehead atoms. The molecule has 0 fully saturated rings. The number of rotatable bonds is 7. The van der Waals surface area contributed by atoms with E-state index in [1.807, 2.05) is 6.92 Å². The van der Waals surface area contributed by atoms with Gasteiger partial charge in [0.05, 0.1) is 0 Å². The lowest BCUT2D eigenvalue weighted by atomic mass is 10.1. The zero-order valence-electron chi connectivity index (χ0n) is 10.9. The highest BCUT2D eigenvalue weighted by Crippen LogP contribution is 2.17. The van der Waals surface area contributed by atoms with Gasteiger partial charge in [0.2, 0.25) is 5.91 Å². The summed E-state index contributed by atoms with van der Waals surface area (Å²) >= 11 is 0. The Labute approximate surface area is 112 Å². The Bertz CT molecular complexity index is 449. The third-order valence-electron chi connectivity index (χ3n) is 2.44. The van der Waals surface area contributed by atoms with Gasteiger partial charge in [-0.3, -0.25) is 9.59 Å². The summed E-state index contributed by atoms with van der Waals surface area (Å²) in [4.78, 5) is 22.3. The molecule has 1 rings (SSSR count). The molecule has 0 aliphatic rings. The molecule has 6 heteroatoms. The Morgan fingerprint density at radius 3 is 2.79 bits per heavy atom. The first kappa shape index (κ1) is 15.0. The Morgan fingerprint density at radius 2 is 2.16 bits per heavy atom. The monoisotopic (exact) mass is 265 g/mol. The molecule has 1 atom stereocenters. The molecule has 104 valence electrons. The van der Waals surface area contributed by atoms with Crippen molar-refractivity contribution in [1.29, 1.82) is 0 Å². The van der Waals surface area contributed by atoms with Crippen LogP contribution in [0.25, 0.3) is 0 Å². The first-order valence-corrected chi connectivity index (χ1v) is 6.02. The number of amides is 2. The van der Waals surface area contributed by atoms with Crippen molar-refractivity contribution in [1.82, 2.24) is 0 Å². The van der Waals surface area contributed by atoms with E-state index < -0.39 is 5.91 Å². The fourth-order valence-electron chi connectivity index (χ4n) is 1.43. The fourth-order valence-corrected chi connectivity index (χ4v) is 1.43. The Balaban J connectivity index is 2.56. The molecular formula is C13H19N3O3. The standard InChI is InChI=1S/C13H19N3O3/c1-9(7-14)5-13(18)16-10-3-2-4-11(6-10)19-8-12(15)17/h2-4,6,9H,5,7-8,14H2,1H3,(H2,15,17)(H,16,18). The van der Waals surface area contributed by atoms with Gasteiger partial charge in [-0.1, -0.05) is 13.0 Å². The molecule has 0 aliphatic heterocycles. The number of benzene rings is 1. The summed E-state index contributed by atoms with van der Waals surface area (Å²) in [7, 11) is 0. The van der Waals surface area contributed by atoms with Gasteiger partial charge < -0.3 is 21.5 Å². The van der Waals surface area contributed by atoms with Crippen LogP contribution in [0.1, 0.15) is 13.3 Å². The van der Waals surface area contributed by atoms with E-state index in [1.54, 1.807) is 24.3 Å². The highest BCUT2D eigenvalue weighted by atomic mass is 16.5. The molecule has 1 aromatic carbocycles. The zero-order chi connectivity index (χ0) is 14.3. The highest BCUT2D eigenvalue weighted by molar-refractivity contribution is 5.91. The van der Waals surface area contributed by atoms with E-state index in [4.69, 9.17) is 16.2 Å². The van der Waals surface area contributed by atoms with Crippen molar-refractivity contribution in [3.05, 3.63) is 24.3 Å². The van der Waals surface area contributed by atoms with Crippen molar-refractivity contribution >= 4 is 17.5 Å². The second kappa shape index (κ2) is 7.38. The number of carbonyl (C=O) groups is 2. The number of nitrogens with two attached hydrogens (primary N) is 2. The maximum absolute atomic E-state index is 11.7. The number of anilines is 1. The van der Waals surface area contributed by atoms with Gasteiger partial charge in [-0.2, -0.15) is 0 Å². The lowest BCUT2D eigenvalue weighted by Crippen LogP contribution is -2.21. The summed E-state index contributed by atoms with van der Waals surface area (Å²) in [6.45, 7) is 2.18. The van der Waals surface area contributed by atoms with Crippen molar-refractivity contribution in [3.8, 4) is 5.75 Å². The fraction of sp³-hybridized carbons (Fsp3) is 0.385. The van der Waals surface area contributed by atoms with Crippen molar-refractivity contribution in [3.63, 3.8) is 0 Å². The van der Waals surface area contributed by atoms with Crippen LogP contribution in [0.15, 0.2) is 24.3 Å². The normalized spacial score (nSPS) is 11.7. The van der Waals surface area contributed by atoms with Gasteiger partial charge in [-0.25, -0.2) is 0 Å². The Morgan fingerprint density at radius 1 is 1.42 bits per heavy atom. The maximum atomic E-state index is 11.7. The minimum absolute atomic E-state index is 0.106. The second-order valence-electron chi connectivity index (χ2n) is 4.38. The molecule has 1 unspecified atom stereocenters. The van der Waals surface area contributed by atoms with Crippen molar-refractivity contribution in [2.24, 2.45) is 17.4 Å². The lowest BCUT2D eigenvalue weighted by molar-refractivity contribution is -0.120. The molecular weight excluding hydrogens is 246 g/mol. The number of ether oxygens (including phenoxy) is 1. The largest absolute Gasteiger partial charge is 0.484 e. The molecule has 6 nitrogen and oxygen atoms in total. The summed E-state index contributed by atoms with van der Waals surface area (Å²) in [6, 6.07) is 6.77. The molecule has 19 heavy (non-hydrogen) atoms. The van der Waals surface area contributed by atoms with Gasteiger partial charge >= 0.3 is 0 Å². The SMILES string of the molecule is CC(CN)CC(=O)Nc1cccc(OCC(N)=O)c1. The lowest BCUT2D eigenvalue weighted by Gasteiger charge is -2.10.